The minimum absolute atomic E-state index is 0.0582. The summed E-state index contributed by atoms with van der Waals surface area (Å²) in [7, 11) is 3.96. The zero-order valence-corrected chi connectivity index (χ0v) is 9.71. The van der Waals surface area contributed by atoms with Gasteiger partial charge in [-0.3, -0.25) is 4.79 Å². The lowest BCUT2D eigenvalue weighted by Crippen LogP contribution is -2.42. The maximum atomic E-state index is 11.6. The van der Waals surface area contributed by atoms with Crippen LogP contribution >= 0.6 is 0 Å². The van der Waals surface area contributed by atoms with Crippen LogP contribution in [0.15, 0.2) is 0 Å². The summed E-state index contributed by atoms with van der Waals surface area (Å²) in [5.41, 5.74) is 5.71. The number of rotatable bonds is 6. The lowest BCUT2D eigenvalue weighted by Gasteiger charge is -2.19. The van der Waals surface area contributed by atoms with Gasteiger partial charge in [0.15, 0.2) is 0 Å². The summed E-state index contributed by atoms with van der Waals surface area (Å²) in [5, 5.41) is 2.89. The monoisotopic (exact) mass is 201 g/mol. The number of nitrogens with two attached hydrogens (primary N) is 1. The summed E-state index contributed by atoms with van der Waals surface area (Å²) in [6.45, 7) is 5.41. The van der Waals surface area contributed by atoms with E-state index in [1.54, 1.807) is 0 Å². The molecule has 0 aromatic carbocycles. The topological polar surface area (TPSA) is 58.4 Å². The fourth-order valence-corrected chi connectivity index (χ4v) is 1.33. The van der Waals surface area contributed by atoms with Crippen LogP contribution in [0.3, 0.4) is 0 Å². The zero-order valence-electron chi connectivity index (χ0n) is 9.71. The zero-order chi connectivity index (χ0) is 11.1. The van der Waals surface area contributed by atoms with Gasteiger partial charge < -0.3 is 16.0 Å². The molecular weight excluding hydrogens is 178 g/mol. The molecule has 1 amide bonds. The number of hydrogen-bond acceptors (Lipinski definition) is 3. The first kappa shape index (κ1) is 13.4. The molecule has 0 rings (SSSR count). The van der Waals surface area contributed by atoms with Gasteiger partial charge in [0.2, 0.25) is 5.91 Å². The third-order valence-corrected chi connectivity index (χ3v) is 2.27. The van der Waals surface area contributed by atoms with E-state index in [0.717, 1.165) is 13.0 Å². The predicted molar refractivity (Wildman–Crippen MR) is 59.0 cm³/mol. The second-order valence-electron chi connectivity index (χ2n) is 3.97. The first-order valence-electron chi connectivity index (χ1n) is 5.17. The van der Waals surface area contributed by atoms with Crippen LogP contribution in [-0.4, -0.2) is 44.0 Å². The molecule has 2 unspecified atom stereocenters. The molecule has 0 spiro atoms. The van der Waals surface area contributed by atoms with Crippen molar-refractivity contribution in [2.45, 2.75) is 26.3 Å². The number of amides is 1. The Morgan fingerprint density at radius 2 is 2.07 bits per heavy atom. The highest BCUT2D eigenvalue weighted by Crippen LogP contribution is 2.05. The summed E-state index contributed by atoms with van der Waals surface area (Å²) in [5.74, 6) is 0.0153. The van der Waals surface area contributed by atoms with E-state index in [4.69, 9.17) is 5.73 Å². The highest BCUT2D eigenvalue weighted by Gasteiger charge is 2.19. The smallest absolute Gasteiger partial charge is 0.224 e. The van der Waals surface area contributed by atoms with Gasteiger partial charge in [0, 0.05) is 19.1 Å². The molecule has 84 valence electrons. The highest BCUT2D eigenvalue weighted by atomic mass is 16.1. The SMILES string of the molecule is CCC(C(=O)NCCN(C)C)C(C)N. The van der Waals surface area contributed by atoms with Crippen LogP contribution in [0.1, 0.15) is 20.3 Å². The van der Waals surface area contributed by atoms with Crippen LogP contribution in [0.5, 0.6) is 0 Å². The van der Waals surface area contributed by atoms with E-state index >= 15 is 0 Å². The standard InChI is InChI=1S/C10H23N3O/c1-5-9(8(2)11)10(14)12-6-7-13(3)4/h8-9H,5-7,11H2,1-4H3,(H,12,14). The van der Waals surface area contributed by atoms with E-state index < -0.39 is 0 Å². The molecule has 0 heterocycles. The van der Waals surface area contributed by atoms with Crippen molar-refractivity contribution in [3.8, 4) is 0 Å². The Bertz CT molecular complexity index is 169. The fraction of sp³-hybridized carbons (Fsp3) is 0.900. The van der Waals surface area contributed by atoms with Gasteiger partial charge in [-0.25, -0.2) is 0 Å². The summed E-state index contributed by atoms with van der Waals surface area (Å²) < 4.78 is 0. The van der Waals surface area contributed by atoms with E-state index in [-0.39, 0.29) is 17.9 Å². The number of nitrogens with one attached hydrogen (secondary N) is 1. The van der Waals surface area contributed by atoms with Crippen molar-refractivity contribution in [1.82, 2.24) is 10.2 Å². The van der Waals surface area contributed by atoms with E-state index in [2.05, 4.69) is 5.32 Å². The Balaban J connectivity index is 3.81. The molecule has 0 aliphatic carbocycles. The van der Waals surface area contributed by atoms with E-state index in [1.165, 1.54) is 0 Å². The molecular formula is C10H23N3O. The minimum atomic E-state index is -0.0700. The number of nitrogens with zero attached hydrogens (tertiary/aromatic N) is 1. The second-order valence-corrected chi connectivity index (χ2v) is 3.97. The molecule has 0 saturated carbocycles. The van der Waals surface area contributed by atoms with Crippen molar-refractivity contribution in [2.75, 3.05) is 27.2 Å². The van der Waals surface area contributed by atoms with Gasteiger partial charge in [0.25, 0.3) is 0 Å². The molecule has 0 bridgehead atoms. The average Bonchev–Trinajstić information content (AvgIpc) is 2.03. The number of carbonyl (C=O) groups is 1. The average molecular weight is 201 g/mol. The Hall–Kier alpha value is -0.610. The lowest BCUT2D eigenvalue weighted by atomic mass is 9.98. The van der Waals surface area contributed by atoms with E-state index in [9.17, 15) is 4.79 Å². The maximum Gasteiger partial charge on any atom is 0.224 e. The van der Waals surface area contributed by atoms with Crippen molar-refractivity contribution in [2.24, 2.45) is 11.7 Å². The van der Waals surface area contributed by atoms with E-state index in [1.807, 2.05) is 32.8 Å². The Kier molecular flexibility index (Phi) is 6.49. The van der Waals surface area contributed by atoms with Gasteiger partial charge in [0.1, 0.15) is 0 Å². The molecule has 0 aromatic heterocycles. The van der Waals surface area contributed by atoms with Crippen LogP contribution in [-0.2, 0) is 4.79 Å². The molecule has 2 atom stereocenters. The largest absolute Gasteiger partial charge is 0.355 e. The van der Waals surface area contributed by atoms with Crippen molar-refractivity contribution < 1.29 is 4.79 Å². The molecule has 0 radical (unpaired) electrons. The lowest BCUT2D eigenvalue weighted by molar-refractivity contribution is -0.125. The Morgan fingerprint density at radius 3 is 2.43 bits per heavy atom. The molecule has 4 heteroatoms. The first-order chi connectivity index (χ1) is 6.49. The summed E-state index contributed by atoms with van der Waals surface area (Å²) in [4.78, 5) is 13.6. The van der Waals surface area contributed by atoms with Crippen molar-refractivity contribution >= 4 is 5.91 Å². The van der Waals surface area contributed by atoms with Crippen molar-refractivity contribution in [3.05, 3.63) is 0 Å². The minimum Gasteiger partial charge on any atom is -0.355 e. The van der Waals surface area contributed by atoms with Crippen LogP contribution in [0, 0.1) is 5.92 Å². The van der Waals surface area contributed by atoms with Gasteiger partial charge in [0.05, 0.1) is 5.92 Å². The third kappa shape index (κ3) is 5.19. The van der Waals surface area contributed by atoms with Crippen molar-refractivity contribution in [1.29, 1.82) is 0 Å². The van der Waals surface area contributed by atoms with Gasteiger partial charge in [-0.15, -0.1) is 0 Å². The summed E-state index contributed by atoms with van der Waals surface area (Å²) in [6, 6.07) is -0.0700. The second kappa shape index (κ2) is 6.79. The van der Waals surface area contributed by atoms with Gasteiger partial charge in [-0.2, -0.15) is 0 Å². The molecule has 14 heavy (non-hydrogen) atoms. The van der Waals surface area contributed by atoms with Gasteiger partial charge in [-0.1, -0.05) is 6.92 Å². The Labute approximate surface area is 86.8 Å². The number of likely N-dealkylation sites (N-methyl/N-ethyl adjacent to an activating group) is 1. The summed E-state index contributed by atoms with van der Waals surface area (Å²) in [6.07, 6.45) is 0.797. The normalized spacial score (nSPS) is 15.3. The van der Waals surface area contributed by atoms with E-state index in [0.29, 0.717) is 6.54 Å². The molecule has 0 aliphatic heterocycles. The van der Waals surface area contributed by atoms with Crippen LogP contribution in [0.2, 0.25) is 0 Å². The highest BCUT2D eigenvalue weighted by molar-refractivity contribution is 5.79. The molecule has 0 saturated heterocycles. The maximum absolute atomic E-state index is 11.6. The van der Waals surface area contributed by atoms with Crippen LogP contribution in [0.25, 0.3) is 0 Å². The predicted octanol–water partition coefficient (Wildman–Crippen LogP) is 0.0376. The molecule has 0 fully saturated rings. The van der Waals surface area contributed by atoms with Crippen LogP contribution < -0.4 is 11.1 Å². The van der Waals surface area contributed by atoms with Gasteiger partial charge >= 0.3 is 0 Å². The number of carbonyl (C=O) groups excluding carboxylic acids is 1. The first-order valence-corrected chi connectivity index (χ1v) is 5.17. The molecule has 3 N–H and O–H groups in total. The third-order valence-electron chi connectivity index (χ3n) is 2.27. The quantitative estimate of drug-likeness (QED) is 0.638. The molecule has 0 aromatic rings. The van der Waals surface area contributed by atoms with Crippen molar-refractivity contribution in [3.63, 3.8) is 0 Å². The Morgan fingerprint density at radius 1 is 1.50 bits per heavy atom. The summed E-state index contributed by atoms with van der Waals surface area (Å²) >= 11 is 0. The van der Waals surface area contributed by atoms with Gasteiger partial charge in [-0.05, 0) is 27.4 Å². The fourth-order valence-electron chi connectivity index (χ4n) is 1.33. The molecule has 0 aliphatic rings. The van der Waals surface area contributed by atoms with Crippen LogP contribution in [0.4, 0.5) is 0 Å². The molecule has 4 nitrogen and oxygen atoms in total. The number of hydrogen-bond donors (Lipinski definition) is 2.